The Balaban J connectivity index is 0. The van der Waals surface area contributed by atoms with Crippen LogP contribution in [0, 0.1) is 0 Å². The van der Waals surface area contributed by atoms with E-state index in [2.05, 4.69) is 0 Å². The van der Waals surface area contributed by atoms with Gasteiger partial charge in [-0.3, -0.25) is 0 Å². The minimum Gasteiger partial charge on any atom is -0.197 e. The quantitative estimate of drug-likeness (QED) is 0.251. The van der Waals surface area contributed by atoms with Crippen molar-refractivity contribution in [1.29, 1.82) is 0 Å². The third-order valence-corrected chi connectivity index (χ3v) is 0. The normalized spacial score (nSPS) is 0. The van der Waals surface area contributed by atoms with E-state index < -0.39 is 0 Å². The fraction of sp³-hybridized carbons (Fsp3) is 0. The molecule has 0 atom stereocenters. The van der Waals surface area contributed by atoms with Gasteiger partial charge in [-0.2, -0.15) is 189 Å². The summed E-state index contributed by atoms with van der Waals surface area (Å²) in [5, 5.41) is 0. The zero-order valence-electron chi connectivity index (χ0n) is 11.7. The van der Waals surface area contributed by atoms with Crippen LogP contribution in [0.2, 0.25) is 0 Å². The molecule has 0 spiro atoms. The molecule has 156 valence electrons. The molecule has 0 saturated carbocycles. The smallest absolute Gasteiger partial charge is 0.197 e. The molecule has 0 aliphatic heterocycles. The predicted octanol–water partition coefficient (Wildman–Crippen LogP) is -1.85. The Morgan fingerprint density at radius 3 is 0.208 bits per heavy atom. The molecular weight excluding hydrogens is 1840 g/mol. The average Bonchev–Trinajstić information content (AvgIpc) is 0. The van der Waals surface area contributed by atoms with E-state index in [0.29, 0.717) is 0 Å². The summed E-state index contributed by atoms with van der Waals surface area (Å²) in [6.45, 7) is 0. The van der Waals surface area contributed by atoms with Crippen molar-refractivity contribution in [3.05, 3.63) is 0 Å². The van der Waals surface area contributed by atoms with Gasteiger partial charge in [-0.15, -0.1) is 0 Å². The van der Waals surface area contributed by atoms with E-state index in [1.807, 2.05) is 0 Å². The van der Waals surface area contributed by atoms with Crippen molar-refractivity contribution >= 4 is 415 Å². The first-order valence-electron chi connectivity index (χ1n) is 0. The van der Waals surface area contributed by atoms with E-state index in [9.17, 15) is 0 Å². The Hall–Kier alpha value is 13.0. The standard InChI is InChI=1S/Fe.3Pb.14H2S.2Sb.4Sn/h;;;;14*1H2;;;;;;/q+2;;;;;;;;;;;;;;;;;;;;;;;. The van der Waals surface area contributed by atoms with Crippen LogP contribution in [0.5, 0.6) is 0 Å². The minimum atomic E-state index is 0. The molecule has 24 heteroatoms. The number of hydrogen-bond donors (Lipinski definition) is 0. The van der Waals surface area contributed by atoms with Crippen LogP contribution in [0.25, 0.3) is 0 Å². The molecule has 34 radical (unpaired) electrons. The van der Waals surface area contributed by atoms with E-state index in [-0.39, 0.29) is 432 Å². The van der Waals surface area contributed by atoms with Crippen molar-refractivity contribution < 1.29 is 17.1 Å². The summed E-state index contributed by atoms with van der Waals surface area (Å²) in [6.07, 6.45) is 0. The maximum atomic E-state index is 0. The molecule has 0 nitrogen and oxygen atoms in total. The molecule has 0 aromatic heterocycles. The number of hydrogen-bond acceptors (Lipinski definition) is 0. The molecular formula is H28FePb3S14Sb2Sn4+2. The van der Waals surface area contributed by atoms with Crippen molar-refractivity contribution in [1.82, 2.24) is 0 Å². The Kier molecular flexibility index (Phi) is 3080. The van der Waals surface area contributed by atoms with Crippen LogP contribution < -0.4 is 0 Å². The van der Waals surface area contributed by atoms with Gasteiger partial charge in [-0.1, -0.05) is 0 Å². The van der Waals surface area contributed by atoms with Gasteiger partial charge in [0, 0.05) is 226 Å². The van der Waals surface area contributed by atoms with Gasteiger partial charge in [-0.05, 0) is 0 Å². The third kappa shape index (κ3) is 239. The van der Waals surface area contributed by atoms with Crippen LogP contribution in [0.3, 0.4) is 0 Å². The summed E-state index contributed by atoms with van der Waals surface area (Å²) >= 11 is 0. The van der Waals surface area contributed by atoms with Gasteiger partial charge < -0.3 is 0 Å². The van der Waals surface area contributed by atoms with Crippen LogP contribution in [0.1, 0.15) is 0 Å². The molecule has 0 bridgehead atoms. The molecule has 24 heavy (non-hydrogen) atoms. The van der Waals surface area contributed by atoms with Crippen molar-refractivity contribution in [2.45, 2.75) is 0 Å². The molecule has 0 saturated heterocycles. The Morgan fingerprint density at radius 1 is 0.208 bits per heavy atom. The fourth-order valence-electron chi connectivity index (χ4n) is 0. The van der Waals surface area contributed by atoms with Crippen LogP contribution in [0.4, 0.5) is 0 Å². The van der Waals surface area contributed by atoms with E-state index in [1.165, 1.54) is 0 Å². The molecule has 0 aliphatic rings. The van der Waals surface area contributed by atoms with Gasteiger partial charge in [-0.25, -0.2) is 0 Å². The summed E-state index contributed by atoms with van der Waals surface area (Å²) in [6, 6.07) is 0. The molecule has 0 rings (SSSR count). The maximum Gasteiger partial charge on any atom is 2.00 e. The van der Waals surface area contributed by atoms with E-state index >= 15 is 0 Å². The molecule has 0 N–H and O–H groups in total. The largest absolute Gasteiger partial charge is 2.00 e. The monoisotopic (exact) mass is 1880 g/mol. The number of rotatable bonds is 0. The molecule has 0 unspecified atom stereocenters. The van der Waals surface area contributed by atoms with Crippen molar-refractivity contribution in [3.8, 4) is 0 Å². The second kappa shape index (κ2) is 261. The molecule has 0 amide bonds. The molecule has 0 heterocycles. The summed E-state index contributed by atoms with van der Waals surface area (Å²) in [7, 11) is 0. The molecule has 0 aliphatic carbocycles. The van der Waals surface area contributed by atoms with Crippen molar-refractivity contribution in [2.24, 2.45) is 0 Å². The molecule has 0 aromatic carbocycles. The minimum absolute atomic E-state index is 0. The molecule has 0 aromatic rings. The first-order valence-corrected chi connectivity index (χ1v) is 0. The van der Waals surface area contributed by atoms with Crippen molar-refractivity contribution in [3.63, 3.8) is 0 Å². The van der Waals surface area contributed by atoms with E-state index in [0.717, 1.165) is 0 Å². The van der Waals surface area contributed by atoms with Gasteiger partial charge in [0.05, 0.1) is 0 Å². The van der Waals surface area contributed by atoms with Crippen LogP contribution in [0.15, 0.2) is 0 Å². The SMILES string of the molecule is S.S.S.S.S.S.S.S.S.S.S.S.S.S.[Fe+2].[Pb].[Pb].[Pb].[Sb].[Sb].[Sn].[Sn].[Sn].[Sn]. The van der Waals surface area contributed by atoms with Crippen molar-refractivity contribution in [2.75, 3.05) is 0 Å². The Labute approximate surface area is 421 Å². The van der Waals surface area contributed by atoms with Gasteiger partial charge in [0.25, 0.3) is 0 Å². The van der Waals surface area contributed by atoms with Gasteiger partial charge in [0.1, 0.15) is 0 Å². The second-order valence-electron chi connectivity index (χ2n) is 0. The van der Waals surface area contributed by atoms with Crippen LogP contribution in [-0.4, -0.2) is 226 Å². The Bertz CT molecular complexity index is 42.0. The van der Waals surface area contributed by atoms with Gasteiger partial charge in [0.2, 0.25) is 0 Å². The summed E-state index contributed by atoms with van der Waals surface area (Å²) in [5.74, 6) is 0. The zero-order valence-corrected chi connectivity index (χ0v) is 55.0. The summed E-state index contributed by atoms with van der Waals surface area (Å²) in [5.41, 5.74) is 0. The van der Waals surface area contributed by atoms with Gasteiger partial charge >= 0.3 is 17.1 Å². The second-order valence-corrected chi connectivity index (χ2v) is 0. The third-order valence-electron chi connectivity index (χ3n) is 0. The predicted molar refractivity (Wildman–Crippen MR) is 197 cm³/mol. The first kappa shape index (κ1) is 283. The van der Waals surface area contributed by atoms with Gasteiger partial charge in [0.15, 0.2) is 0 Å². The van der Waals surface area contributed by atoms with Crippen LogP contribution >= 0.6 is 189 Å². The summed E-state index contributed by atoms with van der Waals surface area (Å²) in [4.78, 5) is 0. The zero-order chi connectivity index (χ0) is 0. The first-order chi connectivity index (χ1) is 0. The molecule has 0 fully saturated rings. The Morgan fingerprint density at radius 2 is 0.208 bits per heavy atom. The van der Waals surface area contributed by atoms with E-state index in [4.69, 9.17) is 0 Å². The maximum absolute atomic E-state index is 0. The fourth-order valence-corrected chi connectivity index (χ4v) is 0. The van der Waals surface area contributed by atoms with E-state index in [1.54, 1.807) is 0 Å². The average molecular weight is 1870 g/mol. The van der Waals surface area contributed by atoms with Crippen LogP contribution in [-0.2, 0) is 17.1 Å². The summed E-state index contributed by atoms with van der Waals surface area (Å²) < 4.78 is 0. The topological polar surface area (TPSA) is 0 Å².